The summed E-state index contributed by atoms with van der Waals surface area (Å²) in [5, 5.41) is 11.4. The Hall–Kier alpha value is -1.13. The molecule has 0 aromatic rings. The van der Waals surface area contributed by atoms with Crippen LogP contribution in [-0.4, -0.2) is 22.5 Å². The zero-order chi connectivity index (χ0) is 13.3. The molecule has 0 spiro atoms. The van der Waals surface area contributed by atoms with Crippen molar-refractivity contribution in [3.8, 4) is 0 Å². The summed E-state index contributed by atoms with van der Waals surface area (Å²) in [6.45, 7) is 3.92. The van der Waals surface area contributed by atoms with Gasteiger partial charge in [0.2, 0.25) is 5.54 Å². The Kier molecular flexibility index (Phi) is 3.59. The van der Waals surface area contributed by atoms with Gasteiger partial charge in [0.15, 0.2) is 0 Å². The molecule has 102 valence electrons. The van der Waals surface area contributed by atoms with Crippen molar-refractivity contribution in [1.82, 2.24) is 0 Å². The maximum absolute atomic E-state index is 11.5. The second-order valence-corrected chi connectivity index (χ2v) is 5.65. The normalized spacial score (nSPS) is 38.6. The predicted octanol–water partition coefficient (Wildman–Crippen LogP) is 2.55. The van der Waals surface area contributed by atoms with Crippen LogP contribution in [0.4, 0.5) is 0 Å². The van der Waals surface area contributed by atoms with E-state index in [-0.39, 0.29) is 35.3 Å². The van der Waals surface area contributed by atoms with Gasteiger partial charge in [0.1, 0.15) is 6.10 Å². The van der Waals surface area contributed by atoms with Crippen molar-refractivity contribution < 1.29 is 14.5 Å². The first-order chi connectivity index (χ1) is 8.52. The summed E-state index contributed by atoms with van der Waals surface area (Å²) in [5.74, 6) is -0.485. The highest BCUT2D eigenvalue weighted by molar-refractivity contribution is 5.71. The summed E-state index contributed by atoms with van der Waals surface area (Å²) in [6.07, 6.45) is 4.38. The van der Waals surface area contributed by atoms with Gasteiger partial charge in [-0.25, -0.2) is 0 Å². The summed E-state index contributed by atoms with van der Waals surface area (Å²) in [7, 11) is 0. The highest BCUT2D eigenvalue weighted by Gasteiger charge is 2.72. The molecule has 1 aliphatic heterocycles. The van der Waals surface area contributed by atoms with Gasteiger partial charge in [-0.15, -0.1) is 0 Å². The van der Waals surface area contributed by atoms with E-state index in [2.05, 4.69) is 6.92 Å². The Morgan fingerprint density at radius 3 is 2.83 bits per heavy atom. The van der Waals surface area contributed by atoms with E-state index in [1.165, 1.54) is 0 Å². The van der Waals surface area contributed by atoms with Crippen LogP contribution in [0.3, 0.4) is 0 Å². The van der Waals surface area contributed by atoms with E-state index in [0.29, 0.717) is 6.42 Å². The molecule has 4 atom stereocenters. The Morgan fingerprint density at radius 2 is 2.22 bits per heavy atom. The molecule has 0 N–H and O–H groups in total. The number of nitro groups is 1. The fourth-order valence-corrected chi connectivity index (χ4v) is 3.44. The van der Waals surface area contributed by atoms with Crippen molar-refractivity contribution in [2.45, 2.75) is 64.0 Å². The number of hydrogen-bond donors (Lipinski definition) is 0. The standard InChI is InChI=1S/C13H21NO4/c1-3-4-5-6-11-9(2)18-12(15)7-10-8-13(10,11)14(16)17/h9-11H,3-8H2,1-2H3/t9-,10-,11-,13-/m1/s1. The largest absolute Gasteiger partial charge is 0.462 e. The first-order valence-corrected chi connectivity index (χ1v) is 6.86. The van der Waals surface area contributed by atoms with Crippen molar-refractivity contribution in [2.24, 2.45) is 11.8 Å². The highest BCUT2D eigenvalue weighted by Crippen LogP contribution is 2.57. The number of fused-ring (bicyclic) bond motifs is 1. The summed E-state index contributed by atoms with van der Waals surface area (Å²) in [5.41, 5.74) is -0.876. The summed E-state index contributed by atoms with van der Waals surface area (Å²) >= 11 is 0. The SMILES string of the molecule is CCCCC[C@@H]1[C@@H](C)OC(=O)C[C@@H]2C[C@@]21[N+](=O)[O-]. The molecule has 18 heavy (non-hydrogen) atoms. The Labute approximate surface area is 107 Å². The number of ether oxygens (including phenoxy) is 1. The molecule has 5 heteroatoms. The van der Waals surface area contributed by atoms with Gasteiger partial charge in [-0.3, -0.25) is 14.9 Å². The van der Waals surface area contributed by atoms with Crippen LogP contribution in [0.25, 0.3) is 0 Å². The molecule has 0 bridgehead atoms. The van der Waals surface area contributed by atoms with E-state index in [1.54, 1.807) is 6.92 Å². The average molecular weight is 255 g/mol. The molecule has 2 aliphatic rings. The highest BCUT2D eigenvalue weighted by atomic mass is 16.6. The predicted molar refractivity (Wildman–Crippen MR) is 65.6 cm³/mol. The molecule has 1 saturated heterocycles. The van der Waals surface area contributed by atoms with Crippen LogP contribution in [0.15, 0.2) is 0 Å². The lowest BCUT2D eigenvalue weighted by atomic mass is 9.86. The maximum atomic E-state index is 11.5. The Morgan fingerprint density at radius 1 is 1.50 bits per heavy atom. The minimum absolute atomic E-state index is 0.100. The minimum Gasteiger partial charge on any atom is -0.462 e. The number of carbonyl (C=O) groups excluding carboxylic acids is 1. The smallest absolute Gasteiger partial charge is 0.306 e. The minimum atomic E-state index is -0.876. The van der Waals surface area contributed by atoms with Gasteiger partial charge in [-0.1, -0.05) is 26.2 Å². The van der Waals surface area contributed by atoms with E-state index >= 15 is 0 Å². The van der Waals surface area contributed by atoms with Crippen molar-refractivity contribution in [2.75, 3.05) is 0 Å². The maximum Gasteiger partial charge on any atom is 0.306 e. The van der Waals surface area contributed by atoms with Crippen molar-refractivity contribution in [1.29, 1.82) is 0 Å². The molecule has 0 aromatic carbocycles. The number of carbonyl (C=O) groups is 1. The van der Waals surface area contributed by atoms with Gasteiger partial charge in [0, 0.05) is 17.3 Å². The lowest BCUT2D eigenvalue weighted by Crippen LogP contribution is -2.39. The lowest BCUT2D eigenvalue weighted by molar-refractivity contribution is -0.554. The fourth-order valence-electron chi connectivity index (χ4n) is 3.44. The second kappa shape index (κ2) is 4.86. The average Bonchev–Trinajstić information content (AvgIpc) is 2.99. The molecular weight excluding hydrogens is 234 g/mol. The Balaban J connectivity index is 2.15. The molecule has 0 aromatic heterocycles. The third-order valence-electron chi connectivity index (χ3n) is 4.52. The fraction of sp³-hybridized carbons (Fsp3) is 0.923. The van der Waals surface area contributed by atoms with Gasteiger partial charge in [0.05, 0.1) is 12.3 Å². The summed E-state index contributed by atoms with van der Waals surface area (Å²) in [4.78, 5) is 22.8. The molecule has 5 nitrogen and oxygen atoms in total. The van der Waals surface area contributed by atoms with E-state index < -0.39 is 5.54 Å². The molecule has 0 radical (unpaired) electrons. The number of rotatable bonds is 5. The van der Waals surface area contributed by atoms with Gasteiger partial charge < -0.3 is 4.74 Å². The molecule has 1 heterocycles. The number of unbranched alkanes of at least 4 members (excludes halogenated alkanes) is 2. The summed E-state index contributed by atoms with van der Waals surface area (Å²) < 4.78 is 5.29. The van der Waals surface area contributed by atoms with E-state index in [1.807, 2.05) is 0 Å². The molecule has 2 rings (SSSR count). The van der Waals surface area contributed by atoms with Crippen molar-refractivity contribution >= 4 is 5.97 Å². The first-order valence-electron chi connectivity index (χ1n) is 6.86. The van der Waals surface area contributed by atoms with Crippen molar-refractivity contribution in [3.63, 3.8) is 0 Å². The van der Waals surface area contributed by atoms with E-state index in [9.17, 15) is 14.9 Å². The van der Waals surface area contributed by atoms with Gasteiger partial charge in [0.25, 0.3) is 0 Å². The van der Waals surface area contributed by atoms with Gasteiger partial charge in [-0.05, 0) is 13.3 Å². The van der Waals surface area contributed by atoms with Crippen LogP contribution in [0, 0.1) is 22.0 Å². The van der Waals surface area contributed by atoms with Crippen molar-refractivity contribution in [3.05, 3.63) is 10.1 Å². The zero-order valence-electron chi connectivity index (χ0n) is 11.1. The number of cyclic esters (lactones) is 1. The molecule has 0 amide bonds. The number of hydrogen-bond acceptors (Lipinski definition) is 4. The number of nitrogens with zero attached hydrogens (tertiary/aromatic N) is 1. The quantitative estimate of drug-likeness (QED) is 0.327. The Bertz CT molecular complexity index is 357. The van der Waals surface area contributed by atoms with E-state index in [0.717, 1.165) is 25.7 Å². The molecule has 0 unspecified atom stereocenters. The molecular formula is C13H21NO4. The van der Waals surface area contributed by atoms with Crippen LogP contribution in [0.2, 0.25) is 0 Å². The first kappa shape index (κ1) is 13.3. The molecule has 1 saturated carbocycles. The monoisotopic (exact) mass is 255 g/mol. The topological polar surface area (TPSA) is 69.4 Å². The molecule has 1 aliphatic carbocycles. The van der Waals surface area contributed by atoms with Crippen LogP contribution >= 0.6 is 0 Å². The van der Waals surface area contributed by atoms with Crippen LogP contribution < -0.4 is 0 Å². The third kappa shape index (κ3) is 2.10. The summed E-state index contributed by atoms with van der Waals surface area (Å²) in [6, 6.07) is 0. The molecule has 2 fully saturated rings. The van der Waals surface area contributed by atoms with E-state index in [4.69, 9.17) is 4.74 Å². The third-order valence-corrected chi connectivity index (χ3v) is 4.52. The number of esters is 1. The van der Waals surface area contributed by atoms with Crippen LogP contribution in [0.5, 0.6) is 0 Å². The lowest BCUT2D eigenvalue weighted by Gasteiger charge is -2.25. The second-order valence-electron chi connectivity index (χ2n) is 5.65. The van der Waals surface area contributed by atoms with Crippen LogP contribution in [0.1, 0.15) is 52.4 Å². The van der Waals surface area contributed by atoms with Gasteiger partial charge >= 0.3 is 5.97 Å². The van der Waals surface area contributed by atoms with Crippen LogP contribution in [-0.2, 0) is 9.53 Å². The van der Waals surface area contributed by atoms with Gasteiger partial charge in [-0.2, -0.15) is 0 Å². The zero-order valence-corrected chi connectivity index (χ0v) is 11.1.